The highest BCUT2D eigenvalue weighted by molar-refractivity contribution is 7.84. The SMILES string of the molecule is CC(CNC(=O)NCCCS(C)=O)CC(=O)O. The lowest BCUT2D eigenvalue weighted by Gasteiger charge is -2.11. The van der Waals surface area contributed by atoms with Crippen LogP contribution in [0.15, 0.2) is 0 Å². The Morgan fingerprint density at radius 2 is 2.00 bits per heavy atom. The van der Waals surface area contributed by atoms with Gasteiger partial charge in [0.2, 0.25) is 0 Å². The molecule has 0 aliphatic rings. The monoisotopic (exact) mass is 264 g/mol. The standard InChI is InChI=1S/C10H20N2O4S/c1-8(6-9(13)14)7-12-10(15)11-4-3-5-17(2)16/h8H,3-7H2,1-2H3,(H,13,14)(H2,11,12,15). The molecule has 0 rings (SSSR count). The van der Waals surface area contributed by atoms with Gasteiger partial charge in [-0.05, 0) is 12.3 Å². The summed E-state index contributed by atoms with van der Waals surface area (Å²) in [5, 5.41) is 13.7. The van der Waals surface area contributed by atoms with Crippen LogP contribution in [-0.4, -0.2) is 46.4 Å². The highest BCUT2D eigenvalue weighted by Gasteiger charge is 2.08. The lowest BCUT2D eigenvalue weighted by Crippen LogP contribution is -2.38. The Hall–Kier alpha value is -1.11. The number of nitrogens with one attached hydrogen (secondary N) is 2. The van der Waals surface area contributed by atoms with E-state index in [0.717, 1.165) is 0 Å². The number of carbonyl (C=O) groups excluding carboxylic acids is 1. The Morgan fingerprint density at radius 1 is 1.35 bits per heavy atom. The Bertz CT molecular complexity index is 283. The summed E-state index contributed by atoms with van der Waals surface area (Å²) < 4.78 is 10.7. The predicted octanol–water partition coefficient (Wildman–Crippen LogP) is 0.165. The number of carbonyl (C=O) groups is 2. The van der Waals surface area contributed by atoms with Crippen LogP contribution in [0.3, 0.4) is 0 Å². The van der Waals surface area contributed by atoms with Crippen LogP contribution in [0.25, 0.3) is 0 Å². The van der Waals surface area contributed by atoms with Gasteiger partial charge < -0.3 is 15.7 Å². The maximum atomic E-state index is 11.2. The van der Waals surface area contributed by atoms with Crippen molar-refractivity contribution in [1.82, 2.24) is 10.6 Å². The maximum Gasteiger partial charge on any atom is 0.314 e. The average Bonchev–Trinajstić information content (AvgIpc) is 2.20. The van der Waals surface area contributed by atoms with Crippen molar-refractivity contribution >= 4 is 22.8 Å². The molecule has 0 aromatic carbocycles. The molecule has 7 heteroatoms. The largest absolute Gasteiger partial charge is 0.481 e. The van der Waals surface area contributed by atoms with Gasteiger partial charge in [0.15, 0.2) is 0 Å². The van der Waals surface area contributed by atoms with E-state index in [1.165, 1.54) is 0 Å². The summed E-state index contributed by atoms with van der Waals surface area (Å²) in [6.45, 7) is 2.56. The first kappa shape index (κ1) is 15.9. The van der Waals surface area contributed by atoms with Crippen molar-refractivity contribution in [1.29, 1.82) is 0 Å². The van der Waals surface area contributed by atoms with Gasteiger partial charge in [-0.3, -0.25) is 9.00 Å². The molecule has 17 heavy (non-hydrogen) atoms. The van der Waals surface area contributed by atoms with E-state index in [0.29, 0.717) is 25.3 Å². The Labute approximate surface area is 104 Å². The first-order valence-corrected chi connectivity index (χ1v) is 7.18. The molecule has 3 N–H and O–H groups in total. The van der Waals surface area contributed by atoms with E-state index in [-0.39, 0.29) is 18.4 Å². The fraction of sp³-hybridized carbons (Fsp3) is 0.800. The number of urea groups is 1. The number of hydrogen-bond acceptors (Lipinski definition) is 3. The van der Waals surface area contributed by atoms with Gasteiger partial charge in [-0.2, -0.15) is 0 Å². The minimum atomic E-state index is -0.870. The maximum absolute atomic E-state index is 11.2. The summed E-state index contributed by atoms with van der Waals surface area (Å²) in [4.78, 5) is 21.6. The van der Waals surface area contributed by atoms with Crippen LogP contribution in [-0.2, 0) is 15.6 Å². The van der Waals surface area contributed by atoms with Crippen molar-refractivity contribution in [2.24, 2.45) is 5.92 Å². The third kappa shape index (κ3) is 11.2. The van der Waals surface area contributed by atoms with Gasteiger partial charge in [-0.25, -0.2) is 4.79 Å². The van der Waals surface area contributed by atoms with E-state index in [4.69, 9.17) is 5.11 Å². The Balaban J connectivity index is 3.52. The molecule has 0 spiro atoms. The Morgan fingerprint density at radius 3 is 2.53 bits per heavy atom. The van der Waals surface area contributed by atoms with Crippen molar-refractivity contribution in [2.75, 3.05) is 25.1 Å². The fourth-order valence-corrected chi connectivity index (χ4v) is 1.73. The van der Waals surface area contributed by atoms with Crippen molar-refractivity contribution < 1.29 is 18.9 Å². The van der Waals surface area contributed by atoms with E-state index < -0.39 is 16.8 Å². The van der Waals surface area contributed by atoms with Crippen LogP contribution in [0, 0.1) is 5.92 Å². The van der Waals surface area contributed by atoms with E-state index in [9.17, 15) is 13.8 Å². The third-order valence-electron chi connectivity index (χ3n) is 2.03. The predicted molar refractivity (Wildman–Crippen MR) is 66.4 cm³/mol. The van der Waals surface area contributed by atoms with Gasteiger partial charge in [0.05, 0.1) is 0 Å². The van der Waals surface area contributed by atoms with Gasteiger partial charge >= 0.3 is 12.0 Å². The molecule has 0 aromatic heterocycles. The molecule has 0 aliphatic carbocycles. The summed E-state index contributed by atoms with van der Waals surface area (Å²) in [6.07, 6.45) is 2.32. The number of rotatable bonds is 8. The summed E-state index contributed by atoms with van der Waals surface area (Å²) in [5.74, 6) is -0.401. The summed E-state index contributed by atoms with van der Waals surface area (Å²) >= 11 is 0. The van der Waals surface area contributed by atoms with Gasteiger partial charge in [0, 0.05) is 42.3 Å². The van der Waals surface area contributed by atoms with Crippen molar-refractivity contribution in [3.8, 4) is 0 Å². The quantitative estimate of drug-likeness (QED) is 0.544. The highest BCUT2D eigenvalue weighted by Crippen LogP contribution is 1.98. The van der Waals surface area contributed by atoms with Crippen LogP contribution >= 0.6 is 0 Å². The molecule has 0 fully saturated rings. The first-order chi connectivity index (χ1) is 7.91. The second-order valence-corrected chi connectivity index (χ2v) is 5.53. The smallest absolute Gasteiger partial charge is 0.314 e. The summed E-state index contributed by atoms with van der Waals surface area (Å²) in [6, 6.07) is -0.316. The minimum absolute atomic E-state index is 0.0368. The minimum Gasteiger partial charge on any atom is -0.481 e. The van der Waals surface area contributed by atoms with E-state index >= 15 is 0 Å². The molecule has 0 saturated heterocycles. The van der Waals surface area contributed by atoms with Crippen LogP contribution in [0.4, 0.5) is 4.79 Å². The van der Waals surface area contributed by atoms with Gasteiger partial charge in [0.25, 0.3) is 0 Å². The molecule has 0 heterocycles. The number of carboxylic acid groups (broad SMARTS) is 1. The lowest BCUT2D eigenvalue weighted by molar-refractivity contribution is -0.137. The van der Waals surface area contributed by atoms with E-state index in [2.05, 4.69) is 10.6 Å². The fourth-order valence-electron chi connectivity index (χ4n) is 1.18. The van der Waals surface area contributed by atoms with Crippen molar-refractivity contribution in [3.05, 3.63) is 0 Å². The molecule has 0 bridgehead atoms. The third-order valence-corrected chi connectivity index (χ3v) is 2.89. The number of amides is 2. The van der Waals surface area contributed by atoms with Crippen molar-refractivity contribution in [3.63, 3.8) is 0 Å². The molecule has 0 saturated carbocycles. The normalized spacial score (nSPS) is 13.8. The highest BCUT2D eigenvalue weighted by atomic mass is 32.2. The number of carboxylic acids is 1. The zero-order chi connectivity index (χ0) is 13.3. The topological polar surface area (TPSA) is 95.5 Å². The molecular formula is C10H20N2O4S. The molecular weight excluding hydrogens is 244 g/mol. The molecule has 6 nitrogen and oxygen atoms in total. The van der Waals surface area contributed by atoms with Gasteiger partial charge in [-0.1, -0.05) is 6.92 Å². The van der Waals surface area contributed by atoms with Crippen LogP contribution in [0.2, 0.25) is 0 Å². The van der Waals surface area contributed by atoms with Crippen LogP contribution < -0.4 is 10.6 Å². The van der Waals surface area contributed by atoms with Gasteiger partial charge in [0.1, 0.15) is 0 Å². The number of hydrogen-bond donors (Lipinski definition) is 3. The molecule has 100 valence electrons. The molecule has 0 aromatic rings. The second kappa shape index (κ2) is 8.98. The number of aliphatic carboxylic acids is 1. The van der Waals surface area contributed by atoms with E-state index in [1.807, 2.05) is 0 Å². The van der Waals surface area contributed by atoms with Gasteiger partial charge in [-0.15, -0.1) is 0 Å². The molecule has 0 aliphatic heterocycles. The summed E-state index contributed by atoms with van der Waals surface area (Å²) in [7, 11) is -0.835. The summed E-state index contributed by atoms with van der Waals surface area (Å²) in [5.41, 5.74) is 0. The average molecular weight is 264 g/mol. The second-order valence-electron chi connectivity index (χ2n) is 3.97. The molecule has 2 unspecified atom stereocenters. The molecule has 2 atom stereocenters. The van der Waals surface area contributed by atoms with Crippen molar-refractivity contribution in [2.45, 2.75) is 19.8 Å². The molecule has 0 radical (unpaired) electrons. The molecule has 2 amide bonds. The zero-order valence-electron chi connectivity index (χ0n) is 10.2. The zero-order valence-corrected chi connectivity index (χ0v) is 11.0. The first-order valence-electron chi connectivity index (χ1n) is 5.45. The lowest BCUT2D eigenvalue weighted by atomic mass is 10.1. The van der Waals surface area contributed by atoms with E-state index in [1.54, 1.807) is 13.2 Å². The van der Waals surface area contributed by atoms with Crippen LogP contribution in [0.5, 0.6) is 0 Å². The Kier molecular flexibility index (Phi) is 8.39. The van der Waals surface area contributed by atoms with Crippen LogP contribution in [0.1, 0.15) is 19.8 Å².